The minimum absolute atomic E-state index is 0. The van der Waals surface area contributed by atoms with Crippen molar-refractivity contribution in [1.82, 2.24) is 4.72 Å². The summed E-state index contributed by atoms with van der Waals surface area (Å²) in [6.45, 7) is 2.28. The molecule has 0 heterocycles. The minimum atomic E-state index is -4.14. The molecule has 0 spiro atoms. The zero-order chi connectivity index (χ0) is 22.5. The molecule has 0 unspecified atom stereocenters. The quantitative estimate of drug-likeness (QED) is 0.158. The average molecular weight is 607 g/mol. The molecule has 0 aliphatic carbocycles. The molecule has 0 fully saturated rings. The van der Waals surface area contributed by atoms with E-state index in [1.807, 2.05) is 0 Å². The first kappa shape index (κ1) is 33.3. The average Bonchev–Trinajstić information content (AvgIpc) is 2.68. The molecule has 0 bridgehead atoms. The number of carbonyl (C=O) groups excluding carboxylic acids is 1. The van der Waals surface area contributed by atoms with Crippen LogP contribution in [0.1, 0.15) is 122 Å². The maximum absolute atomic E-state index is 11.5. The topological polar surface area (TPSA) is 110 Å². The number of amides is 1. The van der Waals surface area contributed by atoms with Crippen molar-refractivity contribution < 1.29 is 67.2 Å². The molecule has 0 radical (unpaired) electrons. The summed E-state index contributed by atoms with van der Waals surface area (Å²) in [6.07, 6.45) is 19.0. The monoisotopic (exact) mass is 607 g/mol. The van der Waals surface area contributed by atoms with Crippen molar-refractivity contribution in [3.05, 3.63) is 0 Å². The predicted molar refractivity (Wildman–Crippen MR) is 119 cm³/mol. The first-order valence-corrected chi connectivity index (χ1v) is 13.2. The molecule has 2 N–H and O–H groups in total. The fourth-order valence-electron chi connectivity index (χ4n) is 3.26. The van der Waals surface area contributed by atoms with E-state index in [-0.39, 0.29) is 46.5 Å². The summed E-state index contributed by atoms with van der Waals surface area (Å²) < 4.78 is 29.5. The Hall–Kier alpha value is 0.175. The summed E-state index contributed by atoms with van der Waals surface area (Å²) in [6, 6.07) is 0. The van der Waals surface area contributed by atoms with Crippen LogP contribution in [0, 0.1) is 39.9 Å². The zero-order valence-electron chi connectivity index (χ0n) is 19.2. The summed E-state index contributed by atoms with van der Waals surface area (Å²) in [4.78, 5) is 21.7. The van der Waals surface area contributed by atoms with Crippen molar-refractivity contribution in [2.45, 2.75) is 122 Å². The van der Waals surface area contributed by atoms with Crippen LogP contribution in [-0.2, 0) is 24.1 Å². The molecule has 0 saturated heterocycles. The van der Waals surface area contributed by atoms with Crippen LogP contribution in [0.15, 0.2) is 0 Å². The fraction of sp³-hybridized carbons (Fsp3) is 0.909. The number of unbranched alkanes of at least 4 members (excludes halogenated alkanes) is 15. The van der Waals surface area contributed by atoms with Crippen LogP contribution >= 0.6 is 0 Å². The first-order valence-electron chi connectivity index (χ1n) is 11.8. The number of rotatable bonds is 22. The third-order valence-corrected chi connectivity index (χ3v) is 6.00. The molecule has 186 valence electrons. The summed E-state index contributed by atoms with van der Waals surface area (Å²) in [5.41, 5.74) is 0. The maximum Gasteiger partial charge on any atom is 0.362 e. The normalized spacial score (nSPS) is 11.1. The van der Waals surface area contributed by atoms with Gasteiger partial charge in [0.05, 0.1) is 13.0 Å². The molecule has 1 amide bonds. The van der Waals surface area contributed by atoms with E-state index in [1.165, 1.54) is 77.0 Å². The Labute approximate surface area is 221 Å². The molecule has 0 aliphatic heterocycles. The molecule has 0 atom stereocenters. The Bertz CT molecular complexity index is 542. The van der Waals surface area contributed by atoms with Gasteiger partial charge >= 0.3 is 16.3 Å². The number of hydrogen-bond acceptors (Lipinski definition) is 5. The number of carboxylic acids is 1. The standard InChI is InChI=1S/C22H43NO6S.Gd/c1-2-3-4-5-6-7-8-9-10-11-12-13-14-15-16-17-20-29-30(27,28)23-21(24)18-19-22(25)26;/h2-20H2,1H3,(H,23,24)(H,25,26);. The first-order chi connectivity index (χ1) is 14.4. The second-order valence-electron chi connectivity index (χ2n) is 8.00. The van der Waals surface area contributed by atoms with Gasteiger partial charge in [0.15, 0.2) is 0 Å². The summed E-state index contributed by atoms with van der Waals surface area (Å²) in [7, 11) is -4.14. The van der Waals surface area contributed by atoms with Crippen LogP contribution in [0.2, 0.25) is 0 Å². The third kappa shape index (κ3) is 26.3. The van der Waals surface area contributed by atoms with E-state index >= 15 is 0 Å². The van der Waals surface area contributed by atoms with Gasteiger partial charge in [0.1, 0.15) is 0 Å². The van der Waals surface area contributed by atoms with Gasteiger partial charge in [-0.3, -0.25) is 13.8 Å². The van der Waals surface area contributed by atoms with E-state index in [0.29, 0.717) is 6.42 Å². The van der Waals surface area contributed by atoms with Crippen LogP contribution in [0.5, 0.6) is 0 Å². The van der Waals surface area contributed by atoms with E-state index in [0.717, 1.165) is 19.3 Å². The Kier molecular flexibility index (Phi) is 25.1. The van der Waals surface area contributed by atoms with Gasteiger partial charge in [0.25, 0.3) is 0 Å². The number of carboxylic acid groups (broad SMARTS) is 1. The van der Waals surface area contributed by atoms with Gasteiger partial charge < -0.3 is 5.11 Å². The Morgan fingerprint density at radius 1 is 0.710 bits per heavy atom. The van der Waals surface area contributed by atoms with Gasteiger partial charge in [-0.1, -0.05) is 103 Å². The maximum atomic E-state index is 11.5. The molecule has 0 saturated carbocycles. The Morgan fingerprint density at radius 3 is 1.48 bits per heavy atom. The van der Waals surface area contributed by atoms with Crippen LogP contribution in [0.25, 0.3) is 0 Å². The van der Waals surface area contributed by atoms with E-state index in [4.69, 9.17) is 9.29 Å². The van der Waals surface area contributed by atoms with E-state index in [1.54, 1.807) is 4.72 Å². The third-order valence-electron chi connectivity index (χ3n) is 5.04. The SMILES string of the molecule is CCCCCCCCCCCCCCCCCCOS(=O)(=O)NC(=O)CCC(=O)O.[Gd]. The van der Waals surface area contributed by atoms with E-state index in [9.17, 15) is 18.0 Å². The molecule has 0 aliphatic rings. The molecule has 0 aromatic carbocycles. The van der Waals surface area contributed by atoms with E-state index < -0.39 is 35.0 Å². The summed E-state index contributed by atoms with van der Waals surface area (Å²) >= 11 is 0. The van der Waals surface area contributed by atoms with Crippen molar-refractivity contribution in [3.8, 4) is 0 Å². The van der Waals surface area contributed by atoms with Gasteiger partial charge in [-0.05, 0) is 6.42 Å². The predicted octanol–water partition coefficient (Wildman–Crippen LogP) is 5.49. The van der Waals surface area contributed by atoms with Gasteiger partial charge in [-0.2, -0.15) is 8.42 Å². The molecule has 7 nitrogen and oxygen atoms in total. The molecular weight excluding hydrogens is 564 g/mol. The molecular formula is C22H43GdNO6S. The second-order valence-corrected chi connectivity index (χ2v) is 9.35. The number of carbonyl (C=O) groups is 2. The van der Waals surface area contributed by atoms with Crippen LogP contribution in [0.3, 0.4) is 0 Å². The van der Waals surface area contributed by atoms with Crippen LogP contribution in [-0.4, -0.2) is 32.0 Å². The van der Waals surface area contributed by atoms with Crippen molar-refractivity contribution >= 4 is 22.2 Å². The zero-order valence-corrected chi connectivity index (χ0v) is 22.3. The molecule has 9 heteroatoms. The Balaban J connectivity index is 0. The van der Waals surface area contributed by atoms with Gasteiger partial charge in [-0.15, -0.1) is 0 Å². The van der Waals surface area contributed by atoms with Crippen LogP contribution in [0.4, 0.5) is 0 Å². The Morgan fingerprint density at radius 2 is 1.10 bits per heavy atom. The van der Waals surface area contributed by atoms with Crippen LogP contribution < -0.4 is 4.72 Å². The van der Waals surface area contributed by atoms with E-state index in [2.05, 4.69) is 6.92 Å². The van der Waals surface area contributed by atoms with Crippen molar-refractivity contribution in [2.75, 3.05) is 6.61 Å². The number of hydrogen-bond donors (Lipinski definition) is 2. The number of aliphatic carboxylic acids is 1. The smallest absolute Gasteiger partial charge is 0.362 e. The minimum Gasteiger partial charge on any atom is -0.481 e. The van der Waals surface area contributed by atoms with Gasteiger partial charge in [0.2, 0.25) is 5.91 Å². The van der Waals surface area contributed by atoms with Crippen molar-refractivity contribution in [2.24, 2.45) is 0 Å². The summed E-state index contributed by atoms with van der Waals surface area (Å²) in [5, 5.41) is 8.47. The molecule has 31 heavy (non-hydrogen) atoms. The molecule has 0 rings (SSSR count). The molecule has 0 aromatic heterocycles. The largest absolute Gasteiger partial charge is 0.481 e. The number of nitrogens with one attached hydrogen (secondary N) is 1. The van der Waals surface area contributed by atoms with Crippen molar-refractivity contribution in [3.63, 3.8) is 0 Å². The van der Waals surface area contributed by atoms with Gasteiger partial charge in [0, 0.05) is 46.4 Å². The second kappa shape index (κ2) is 23.3. The molecule has 0 aromatic rings. The van der Waals surface area contributed by atoms with Crippen molar-refractivity contribution in [1.29, 1.82) is 0 Å². The summed E-state index contributed by atoms with van der Waals surface area (Å²) in [5.74, 6) is -2.03. The fourth-order valence-corrected chi connectivity index (χ4v) is 4.04. The van der Waals surface area contributed by atoms with Gasteiger partial charge in [-0.25, -0.2) is 4.72 Å².